The van der Waals surface area contributed by atoms with Crippen molar-refractivity contribution in [3.05, 3.63) is 23.2 Å². The number of nitrogens with one attached hydrogen (secondary N) is 1. The summed E-state index contributed by atoms with van der Waals surface area (Å²) < 4.78 is 5.47. The molecule has 3 nitrogen and oxygen atoms in total. The molecule has 3 heteroatoms. The van der Waals surface area contributed by atoms with Gasteiger partial charge in [0.1, 0.15) is 5.76 Å². The molecule has 13 heavy (non-hydrogen) atoms. The second-order valence-electron chi connectivity index (χ2n) is 4.06. The van der Waals surface area contributed by atoms with Crippen molar-refractivity contribution >= 4 is 5.91 Å². The van der Waals surface area contributed by atoms with Crippen LogP contribution in [0.3, 0.4) is 0 Å². The van der Waals surface area contributed by atoms with E-state index in [1.165, 1.54) is 0 Å². The van der Waals surface area contributed by atoms with Crippen molar-refractivity contribution in [2.45, 2.75) is 20.8 Å². The van der Waals surface area contributed by atoms with Crippen LogP contribution in [0.4, 0.5) is 0 Å². The number of carbonyl (C=O) groups is 1. The lowest BCUT2D eigenvalue weighted by Crippen LogP contribution is -2.25. The summed E-state index contributed by atoms with van der Waals surface area (Å²) in [7, 11) is 0. The minimum atomic E-state index is -0.196. The number of rotatable bonds is 0. The fourth-order valence-electron chi connectivity index (χ4n) is 2.01. The Kier molecular flexibility index (Phi) is 1.53. The summed E-state index contributed by atoms with van der Waals surface area (Å²) in [6.07, 6.45) is 1.98. The van der Waals surface area contributed by atoms with Gasteiger partial charge in [0.15, 0.2) is 0 Å². The summed E-state index contributed by atoms with van der Waals surface area (Å²) in [4.78, 5) is 11.5. The topological polar surface area (TPSA) is 38.3 Å². The van der Waals surface area contributed by atoms with Gasteiger partial charge in [-0.1, -0.05) is 13.8 Å². The molecule has 0 saturated heterocycles. The Morgan fingerprint density at radius 3 is 2.92 bits per heavy atom. The molecule has 0 fully saturated rings. The smallest absolute Gasteiger partial charge is 0.251 e. The first kappa shape index (κ1) is 8.35. The van der Waals surface area contributed by atoms with Gasteiger partial charge in [-0.2, -0.15) is 0 Å². The average molecular weight is 179 g/mol. The van der Waals surface area contributed by atoms with Crippen molar-refractivity contribution in [2.75, 3.05) is 6.54 Å². The van der Waals surface area contributed by atoms with Crippen molar-refractivity contribution < 1.29 is 9.53 Å². The van der Waals surface area contributed by atoms with Crippen LogP contribution in [0.5, 0.6) is 0 Å². The highest BCUT2D eigenvalue weighted by molar-refractivity contribution is 5.98. The number of amides is 1. The van der Waals surface area contributed by atoms with Crippen molar-refractivity contribution in [1.29, 1.82) is 0 Å². The summed E-state index contributed by atoms with van der Waals surface area (Å²) in [5.41, 5.74) is 0.580. The number of hydrogen-bond donors (Lipinski definition) is 1. The Balaban J connectivity index is 2.47. The molecule has 0 unspecified atom stereocenters. The van der Waals surface area contributed by atoms with E-state index in [4.69, 9.17) is 4.74 Å². The molecule has 2 aliphatic heterocycles. The first-order valence-electron chi connectivity index (χ1n) is 4.40. The molecule has 0 aromatic rings. The molecule has 70 valence electrons. The first-order valence-corrected chi connectivity index (χ1v) is 4.40. The van der Waals surface area contributed by atoms with E-state index in [-0.39, 0.29) is 11.3 Å². The molecule has 0 saturated carbocycles. The highest BCUT2D eigenvalue weighted by Gasteiger charge is 2.38. The SMILES string of the molecule is CC1=CC(C)(C)C2=C(CNC2=O)O1. The quantitative estimate of drug-likeness (QED) is 0.609. The van der Waals surface area contributed by atoms with Crippen molar-refractivity contribution in [2.24, 2.45) is 5.41 Å². The van der Waals surface area contributed by atoms with Crippen LogP contribution < -0.4 is 5.32 Å². The predicted molar refractivity (Wildman–Crippen MR) is 48.7 cm³/mol. The zero-order valence-electron chi connectivity index (χ0n) is 8.10. The van der Waals surface area contributed by atoms with Crippen LogP contribution in [-0.4, -0.2) is 12.5 Å². The molecular weight excluding hydrogens is 166 g/mol. The van der Waals surface area contributed by atoms with Crippen LogP contribution >= 0.6 is 0 Å². The van der Waals surface area contributed by atoms with Gasteiger partial charge in [-0.15, -0.1) is 0 Å². The molecule has 0 aromatic carbocycles. The third-order valence-electron chi connectivity index (χ3n) is 2.41. The van der Waals surface area contributed by atoms with E-state index in [1.807, 2.05) is 26.8 Å². The molecule has 1 amide bonds. The maximum absolute atomic E-state index is 11.5. The second-order valence-corrected chi connectivity index (χ2v) is 4.06. The number of ether oxygens (including phenoxy) is 1. The van der Waals surface area contributed by atoms with Crippen molar-refractivity contribution in [3.63, 3.8) is 0 Å². The zero-order valence-corrected chi connectivity index (χ0v) is 8.10. The molecule has 0 radical (unpaired) electrons. The molecular formula is C10H13NO2. The third-order valence-corrected chi connectivity index (χ3v) is 2.41. The van der Waals surface area contributed by atoms with Gasteiger partial charge in [0, 0.05) is 5.41 Å². The molecule has 2 aliphatic rings. The van der Waals surface area contributed by atoms with Crippen LogP contribution in [-0.2, 0) is 9.53 Å². The molecule has 0 bridgehead atoms. The van der Waals surface area contributed by atoms with E-state index in [0.717, 1.165) is 17.1 Å². The number of allylic oxidation sites excluding steroid dienone is 2. The van der Waals surface area contributed by atoms with Gasteiger partial charge in [0.05, 0.1) is 17.9 Å². The van der Waals surface area contributed by atoms with E-state index in [0.29, 0.717) is 6.54 Å². The van der Waals surface area contributed by atoms with E-state index < -0.39 is 0 Å². The van der Waals surface area contributed by atoms with Crippen LogP contribution in [0.2, 0.25) is 0 Å². The van der Waals surface area contributed by atoms with E-state index in [1.54, 1.807) is 0 Å². The fourth-order valence-corrected chi connectivity index (χ4v) is 2.01. The summed E-state index contributed by atoms with van der Waals surface area (Å²) in [5.74, 6) is 1.67. The van der Waals surface area contributed by atoms with Crippen LogP contribution in [0.25, 0.3) is 0 Å². The standard InChI is InChI=1S/C10H13NO2/c1-6-4-10(2,3)8-7(13-6)5-11-9(8)12/h4H,5H2,1-3H3,(H,11,12). The van der Waals surface area contributed by atoms with Gasteiger partial charge in [0.2, 0.25) is 0 Å². The Labute approximate surface area is 77.5 Å². The van der Waals surface area contributed by atoms with Gasteiger partial charge in [0.25, 0.3) is 5.91 Å². The lowest BCUT2D eigenvalue weighted by atomic mass is 9.82. The van der Waals surface area contributed by atoms with Gasteiger partial charge in [-0.3, -0.25) is 4.79 Å². The van der Waals surface area contributed by atoms with Gasteiger partial charge in [-0.05, 0) is 13.0 Å². The van der Waals surface area contributed by atoms with Crippen molar-refractivity contribution in [3.8, 4) is 0 Å². The molecule has 0 aromatic heterocycles. The lowest BCUT2D eigenvalue weighted by Gasteiger charge is -2.27. The highest BCUT2D eigenvalue weighted by atomic mass is 16.5. The largest absolute Gasteiger partial charge is 0.464 e. The summed E-state index contributed by atoms with van der Waals surface area (Å²) >= 11 is 0. The monoisotopic (exact) mass is 179 g/mol. The summed E-state index contributed by atoms with van der Waals surface area (Å²) in [5, 5.41) is 2.77. The van der Waals surface area contributed by atoms with E-state index in [9.17, 15) is 4.79 Å². The Bertz CT molecular complexity index is 337. The maximum Gasteiger partial charge on any atom is 0.251 e. The van der Waals surface area contributed by atoms with Crippen LogP contribution in [0, 0.1) is 5.41 Å². The lowest BCUT2D eigenvalue weighted by molar-refractivity contribution is -0.117. The molecule has 2 rings (SSSR count). The molecule has 0 spiro atoms. The third kappa shape index (κ3) is 1.15. The van der Waals surface area contributed by atoms with E-state index in [2.05, 4.69) is 5.32 Å². The first-order chi connectivity index (χ1) is 6.00. The van der Waals surface area contributed by atoms with Crippen LogP contribution in [0.1, 0.15) is 20.8 Å². The zero-order chi connectivity index (χ0) is 9.64. The summed E-state index contributed by atoms with van der Waals surface area (Å²) in [6, 6.07) is 0. The van der Waals surface area contributed by atoms with Gasteiger partial charge >= 0.3 is 0 Å². The average Bonchev–Trinajstić information content (AvgIpc) is 2.29. The van der Waals surface area contributed by atoms with Gasteiger partial charge < -0.3 is 10.1 Å². The molecule has 0 atom stereocenters. The fraction of sp³-hybridized carbons (Fsp3) is 0.500. The second kappa shape index (κ2) is 2.37. The number of hydrogen-bond acceptors (Lipinski definition) is 2. The molecule has 1 N–H and O–H groups in total. The van der Waals surface area contributed by atoms with Gasteiger partial charge in [-0.25, -0.2) is 0 Å². The molecule has 2 heterocycles. The Morgan fingerprint density at radius 2 is 2.23 bits per heavy atom. The predicted octanol–water partition coefficient (Wildman–Crippen LogP) is 1.33. The Morgan fingerprint density at radius 1 is 1.54 bits per heavy atom. The highest BCUT2D eigenvalue weighted by Crippen LogP contribution is 2.38. The number of carbonyl (C=O) groups excluding carboxylic acids is 1. The minimum Gasteiger partial charge on any atom is -0.464 e. The minimum absolute atomic E-state index is 0.00347. The maximum atomic E-state index is 11.5. The molecule has 0 aliphatic carbocycles. The normalized spacial score (nSPS) is 24.8. The van der Waals surface area contributed by atoms with Crippen molar-refractivity contribution in [1.82, 2.24) is 5.32 Å². The van der Waals surface area contributed by atoms with Crippen LogP contribution in [0.15, 0.2) is 23.2 Å². The Hall–Kier alpha value is -1.25. The van der Waals surface area contributed by atoms with E-state index >= 15 is 0 Å². The summed E-state index contributed by atoms with van der Waals surface area (Å²) in [6.45, 7) is 6.50.